The Balaban J connectivity index is 2.46. The van der Waals surface area contributed by atoms with Crippen LogP contribution in [0, 0.1) is 11.8 Å². The predicted molar refractivity (Wildman–Crippen MR) is 84.5 cm³/mol. The highest BCUT2D eigenvalue weighted by Gasteiger charge is 2.28. The molecule has 0 spiro atoms. The van der Waals surface area contributed by atoms with Gasteiger partial charge in [-0.15, -0.1) is 0 Å². The first-order valence-corrected chi connectivity index (χ1v) is 8.25. The van der Waals surface area contributed by atoms with E-state index in [4.69, 9.17) is 5.73 Å². The smallest absolute Gasteiger partial charge is 0.223 e. The maximum atomic E-state index is 12.2. The predicted octanol–water partition coefficient (Wildman–Crippen LogP) is 1.99. The van der Waals surface area contributed by atoms with Crippen molar-refractivity contribution < 1.29 is 4.79 Å². The summed E-state index contributed by atoms with van der Waals surface area (Å²) in [5, 5.41) is 3.16. The molecule has 1 aliphatic rings. The second kappa shape index (κ2) is 8.63. The second-order valence-corrected chi connectivity index (χ2v) is 6.52. The maximum Gasteiger partial charge on any atom is 0.223 e. The fourth-order valence-corrected chi connectivity index (χ4v) is 3.26. The van der Waals surface area contributed by atoms with E-state index in [-0.39, 0.29) is 17.9 Å². The summed E-state index contributed by atoms with van der Waals surface area (Å²) in [6.07, 6.45) is 3.93. The molecule has 0 aromatic heterocycles. The number of hydrogen-bond donors (Lipinski definition) is 2. The van der Waals surface area contributed by atoms with Crippen molar-refractivity contribution >= 4 is 5.91 Å². The molecule has 0 radical (unpaired) electrons. The minimum atomic E-state index is 0.140. The summed E-state index contributed by atoms with van der Waals surface area (Å²) in [7, 11) is 0. The van der Waals surface area contributed by atoms with Crippen molar-refractivity contribution in [1.29, 1.82) is 0 Å². The van der Waals surface area contributed by atoms with Gasteiger partial charge in [0, 0.05) is 24.5 Å². The lowest BCUT2D eigenvalue weighted by Gasteiger charge is -2.31. The lowest BCUT2D eigenvalue weighted by atomic mass is 10.0. The molecule has 118 valence electrons. The largest absolute Gasteiger partial charge is 0.354 e. The van der Waals surface area contributed by atoms with Gasteiger partial charge in [0.15, 0.2) is 0 Å². The van der Waals surface area contributed by atoms with Gasteiger partial charge in [-0.1, -0.05) is 27.7 Å². The van der Waals surface area contributed by atoms with E-state index >= 15 is 0 Å². The van der Waals surface area contributed by atoms with Crippen molar-refractivity contribution in [3.63, 3.8) is 0 Å². The number of rotatable bonds is 8. The minimum Gasteiger partial charge on any atom is -0.354 e. The molecule has 1 aliphatic carbocycles. The highest BCUT2D eigenvalue weighted by Crippen LogP contribution is 2.24. The number of nitrogens with zero attached hydrogens (tertiary/aromatic N) is 1. The average molecular weight is 283 g/mol. The highest BCUT2D eigenvalue weighted by molar-refractivity contribution is 5.79. The Kier molecular flexibility index (Phi) is 7.52. The molecular weight excluding hydrogens is 250 g/mol. The van der Waals surface area contributed by atoms with Crippen molar-refractivity contribution in [3.8, 4) is 0 Å². The first kappa shape index (κ1) is 17.4. The molecule has 0 bridgehead atoms. The van der Waals surface area contributed by atoms with Crippen LogP contribution in [-0.4, -0.2) is 42.5 Å². The first-order valence-electron chi connectivity index (χ1n) is 8.25. The molecule has 1 amide bonds. The van der Waals surface area contributed by atoms with Crippen LogP contribution in [0.4, 0.5) is 0 Å². The normalized spacial score (nSPS) is 24.4. The van der Waals surface area contributed by atoms with Crippen LogP contribution in [-0.2, 0) is 4.79 Å². The molecule has 0 aliphatic heterocycles. The molecule has 3 N–H and O–H groups in total. The van der Waals surface area contributed by atoms with Gasteiger partial charge < -0.3 is 11.1 Å². The van der Waals surface area contributed by atoms with Crippen LogP contribution in [0.5, 0.6) is 0 Å². The summed E-state index contributed by atoms with van der Waals surface area (Å²) in [6, 6.07) is 0.670. The SMILES string of the molecule is CCN(CC)C(CNC(=O)C1CCC(N)C1)CC(C)C. The van der Waals surface area contributed by atoms with Gasteiger partial charge in [-0.3, -0.25) is 9.69 Å². The van der Waals surface area contributed by atoms with Gasteiger partial charge in [0.1, 0.15) is 0 Å². The summed E-state index contributed by atoms with van der Waals surface area (Å²) in [5.74, 6) is 0.998. The Hall–Kier alpha value is -0.610. The number of hydrogen-bond acceptors (Lipinski definition) is 3. The summed E-state index contributed by atoms with van der Waals surface area (Å²) in [6.45, 7) is 11.7. The molecule has 4 heteroatoms. The van der Waals surface area contributed by atoms with E-state index in [0.717, 1.165) is 45.3 Å². The molecule has 3 unspecified atom stereocenters. The topological polar surface area (TPSA) is 58.4 Å². The number of nitrogens with two attached hydrogens (primary N) is 1. The summed E-state index contributed by atoms with van der Waals surface area (Å²) in [5.41, 5.74) is 5.89. The van der Waals surface area contributed by atoms with Gasteiger partial charge in [0.2, 0.25) is 5.91 Å². The zero-order chi connectivity index (χ0) is 15.1. The quantitative estimate of drug-likeness (QED) is 0.716. The number of amides is 1. The maximum absolute atomic E-state index is 12.2. The van der Waals surface area contributed by atoms with Crippen molar-refractivity contribution in [2.24, 2.45) is 17.6 Å². The molecule has 3 atom stereocenters. The number of likely N-dealkylation sites (N-methyl/N-ethyl adjacent to an activating group) is 1. The number of carbonyl (C=O) groups excluding carboxylic acids is 1. The van der Waals surface area contributed by atoms with Crippen molar-refractivity contribution in [3.05, 3.63) is 0 Å². The summed E-state index contributed by atoms with van der Waals surface area (Å²) < 4.78 is 0. The van der Waals surface area contributed by atoms with E-state index in [0.29, 0.717) is 12.0 Å². The van der Waals surface area contributed by atoms with Crippen LogP contribution in [0.25, 0.3) is 0 Å². The Bertz CT molecular complexity index is 289. The van der Waals surface area contributed by atoms with Gasteiger partial charge in [-0.2, -0.15) is 0 Å². The van der Waals surface area contributed by atoms with Gasteiger partial charge in [0.05, 0.1) is 0 Å². The van der Waals surface area contributed by atoms with Gasteiger partial charge in [-0.05, 0) is 44.7 Å². The van der Waals surface area contributed by atoms with E-state index in [9.17, 15) is 4.79 Å². The van der Waals surface area contributed by atoms with Crippen LogP contribution in [0.1, 0.15) is 53.4 Å². The van der Waals surface area contributed by atoms with Crippen molar-refractivity contribution in [2.45, 2.75) is 65.5 Å². The Morgan fingerprint density at radius 1 is 1.30 bits per heavy atom. The van der Waals surface area contributed by atoms with Crippen LogP contribution in [0.3, 0.4) is 0 Å². The number of nitrogens with one attached hydrogen (secondary N) is 1. The van der Waals surface area contributed by atoms with Crippen molar-refractivity contribution in [2.75, 3.05) is 19.6 Å². The Morgan fingerprint density at radius 3 is 2.40 bits per heavy atom. The summed E-state index contributed by atoms with van der Waals surface area (Å²) in [4.78, 5) is 14.6. The molecule has 0 saturated heterocycles. The van der Waals surface area contributed by atoms with E-state index in [2.05, 4.69) is 37.9 Å². The first-order chi connectivity index (χ1) is 9.47. The van der Waals surface area contributed by atoms with E-state index in [1.807, 2.05) is 0 Å². The highest BCUT2D eigenvalue weighted by atomic mass is 16.1. The lowest BCUT2D eigenvalue weighted by Crippen LogP contribution is -2.45. The second-order valence-electron chi connectivity index (χ2n) is 6.52. The summed E-state index contributed by atoms with van der Waals surface area (Å²) >= 11 is 0. The molecule has 1 rings (SSSR count). The fraction of sp³-hybridized carbons (Fsp3) is 0.938. The van der Waals surface area contributed by atoms with Crippen LogP contribution in [0.15, 0.2) is 0 Å². The third-order valence-corrected chi connectivity index (χ3v) is 4.43. The van der Waals surface area contributed by atoms with Crippen LogP contribution < -0.4 is 11.1 Å². The Morgan fingerprint density at radius 2 is 1.95 bits per heavy atom. The van der Waals surface area contributed by atoms with Crippen LogP contribution in [0.2, 0.25) is 0 Å². The van der Waals surface area contributed by atoms with E-state index < -0.39 is 0 Å². The Labute approximate surface area is 124 Å². The fourth-order valence-electron chi connectivity index (χ4n) is 3.26. The van der Waals surface area contributed by atoms with E-state index in [1.165, 1.54) is 0 Å². The molecule has 0 heterocycles. The van der Waals surface area contributed by atoms with Crippen LogP contribution >= 0.6 is 0 Å². The zero-order valence-electron chi connectivity index (χ0n) is 13.7. The van der Waals surface area contributed by atoms with Gasteiger partial charge >= 0.3 is 0 Å². The molecule has 0 aromatic carbocycles. The molecule has 0 aromatic rings. The third kappa shape index (κ3) is 5.41. The van der Waals surface area contributed by atoms with Gasteiger partial charge in [-0.25, -0.2) is 0 Å². The molecule has 4 nitrogen and oxygen atoms in total. The molecular formula is C16H33N3O. The average Bonchev–Trinajstić information content (AvgIpc) is 2.83. The van der Waals surface area contributed by atoms with Gasteiger partial charge in [0.25, 0.3) is 0 Å². The molecule has 1 saturated carbocycles. The number of carbonyl (C=O) groups is 1. The van der Waals surface area contributed by atoms with E-state index in [1.54, 1.807) is 0 Å². The lowest BCUT2D eigenvalue weighted by molar-refractivity contribution is -0.125. The minimum absolute atomic E-state index is 0.140. The monoisotopic (exact) mass is 283 g/mol. The van der Waals surface area contributed by atoms with Crippen molar-refractivity contribution in [1.82, 2.24) is 10.2 Å². The molecule has 1 fully saturated rings. The standard InChI is InChI=1S/C16H33N3O/c1-5-19(6-2)15(9-12(3)4)11-18-16(20)13-7-8-14(17)10-13/h12-15H,5-11,17H2,1-4H3,(H,18,20). The molecule has 20 heavy (non-hydrogen) atoms. The zero-order valence-corrected chi connectivity index (χ0v) is 13.7. The third-order valence-electron chi connectivity index (χ3n) is 4.43.